The second-order valence-corrected chi connectivity index (χ2v) is 3.68. The van der Waals surface area contributed by atoms with E-state index in [2.05, 4.69) is 9.24 Å². The summed E-state index contributed by atoms with van der Waals surface area (Å²) in [5.74, 6) is -0.0301. The van der Waals surface area contributed by atoms with Crippen LogP contribution >= 0.6 is 9.24 Å². The van der Waals surface area contributed by atoms with Gasteiger partial charge in [-0.15, -0.1) is 9.24 Å². The summed E-state index contributed by atoms with van der Waals surface area (Å²) in [7, 11) is 2.64. The molecule has 0 bridgehead atoms. The molecule has 0 aromatic heterocycles. The highest BCUT2D eigenvalue weighted by Crippen LogP contribution is 2.17. The molecule has 66 valence electrons. The highest BCUT2D eigenvalue weighted by atomic mass is 31.0. The smallest absolute Gasteiger partial charge is 0.309 e. The maximum atomic E-state index is 11.2. The largest absolute Gasteiger partial charge is 0.466 e. The van der Waals surface area contributed by atoms with Crippen LogP contribution in [0.5, 0.6) is 0 Å². The Hall–Kier alpha value is -0.100. The summed E-state index contributed by atoms with van der Waals surface area (Å²) in [5.41, 5.74) is 0.305. The Morgan fingerprint density at radius 3 is 2.36 bits per heavy atom. The van der Waals surface area contributed by atoms with Gasteiger partial charge in [-0.1, -0.05) is 13.8 Å². The van der Waals surface area contributed by atoms with Gasteiger partial charge >= 0.3 is 5.97 Å². The molecule has 0 amide bonds. The molecule has 0 N–H and O–H groups in total. The minimum absolute atomic E-state index is 0.0416. The molecule has 0 aromatic rings. The molecule has 0 spiro atoms. The van der Waals surface area contributed by atoms with Crippen LogP contribution in [0.4, 0.5) is 0 Å². The van der Waals surface area contributed by atoms with E-state index in [1.807, 2.05) is 20.8 Å². The first-order valence-electron chi connectivity index (χ1n) is 4.05. The number of esters is 1. The van der Waals surface area contributed by atoms with Gasteiger partial charge in [-0.3, -0.25) is 4.79 Å². The van der Waals surface area contributed by atoms with Gasteiger partial charge in [0.25, 0.3) is 0 Å². The molecule has 0 saturated heterocycles. The summed E-state index contributed by atoms with van der Waals surface area (Å²) in [6.45, 7) is 6.32. The van der Waals surface area contributed by atoms with Crippen molar-refractivity contribution in [1.82, 2.24) is 0 Å². The van der Waals surface area contributed by atoms with Crippen molar-refractivity contribution in [3.63, 3.8) is 0 Å². The lowest BCUT2D eigenvalue weighted by Gasteiger charge is -2.16. The Kier molecular flexibility index (Phi) is 5.49. The molecule has 3 heteroatoms. The standard InChI is InChI=1S/C8H17O2P/c1-4-7(6(3)11)8(9)10-5-2/h6-7H,4-5,11H2,1-3H3. The Balaban J connectivity index is 3.92. The van der Waals surface area contributed by atoms with Crippen LogP contribution in [0.25, 0.3) is 0 Å². The normalized spacial score (nSPS) is 15.6. The summed E-state index contributed by atoms with van der Waals surface area (Å²) in [5, 5.41) is 0. The summed E-state index contributed by atoms with van der Waals surface area (Å²) in [6, 6.07) is 0. The first-order valence-corrected chi connectivity index (χ1v) is 4.72. The van der Waals surface area contributed by atoms with E-state index in [1.54, 1.807) is 0 Å². The molecule has 0 aliphatic heterocycles. The minimum atomic E-state index is -0.0718. The van der Waals surface area contributed by atoms with Crippen molar-refractivity contribution >= 4 is 15.2 Å². The highest BCUT2D eigenvalue weighted by Gasteiger charge is 2.20. The Labute approximate surface area is 70.9 Å². The zero-order chi connectivity index (χ0) is 8.85. The highest BCUT2D eigenvalue weighted by molar-refractivity contribution is 7.17. The van der Waals surface area contributed by atoms with Crippen molar-refractivity contribution in [3.8, 4) is 0 Å². The minimum Gasteiger partial charge on any atom is -0.466 e. The van der Waals surface area contributed by atoms with Crippen LogP contribution in [-0.4, -0.2) is 18.2 Å². The first kappa shape index (κ1) is 10.9. The Morgan fingerprint density at radius 1 is 1.55 bits per heavy atom. The van der Waals surface area contributed by atoms with Crippen LogP contribution in [0.3, 0.4) is 0 Å². The molecular weight excluding hydrogens is 159 g/mol. The lowest BCUT2D eigenvalue weighted by Crippen LogP contribution is -2.23. The van der Waals surface area contributed by atoms with E-state index in [0.717, 1.165) is 6.42 Å². The summed E-state index contributed by atoms with van der Waals surface area (Å²) >= 11 is 0. The third-order valence-electron chi connectivity index (χ3n) is 1.66. The number of carbonyl (C=O) groups is 1. The van der Waals surface area contributed by atoms with E-state index in [1.165, 1.54) is 0 Å². The van der Waals surface area contributed by atoms with Crippen molar-refractivity contribution in [2.24, 2.45) is 5.92 Å². The quantitative estimate of drug-likeness (QED) is 0.482. The van der Waals surface area contributed by atoms with Crippen LogP contribution in [0.1, 0.15) is 27.2 Å². The van der Waals surface area contributed by atoms with Gasteiger partial charge in [0.15, 0.2) is 0 Å². The zero-order valence-electron chi connectivity index (χ0n) is 7.46. The number of hydrogen-bond donors (Lipinski definition) is 0. The fourth-order valence-electron chi connectivity index (χ4n) is 1.00. The predicted octanol–water partition coefficient (Wildman–Crippen LogP) is 1.84. The van der Waals surface area contributed by atoms with Crippen LogP contribution < -0.4 is 0 Å². The van der Waals surface area contributed by atoms with Crippen LogP contribution in [0, 0.1) is 5.92 Å². The number of carbonyl (C=O) groups excluding carboxylic acids is 1. The van der Waals surface area contributed by atoms with E-state index >= 15 is 0 Å². The van der Waals surface area contributed by atoms with Crippen LogP contribution in [0.15, 0.2) is 0 Å². The van der Waals surface area contributed by atoms with Gasteiger partial charge in [0.2, 0.25) is 0 Å². The monoisotopic (exact) mass is 176 g/mol. The Bertz CT molecular complexity index is 123. The molecule has 0 radical (unpaired) electrons. The Morgan fingerprint density at radius 2 is 2.09 bits per heavy atom. The van der Waals surface area contributed by atoms with Crippen molar-refractivity contribution < 1.29 is 9.53 Å². The molecule has 3 atom stereocenters. The van der Waals surface area contributed by atoms with E-state index in [9.17, 15) is 4.79 Å². The van der Waals surface area contributed by atoms with E-state index in [0.29, 0.717) is 12.3 Å². The van der Waals surface area contributed by atoms with Crippen LogP contribution in [-0.2, 0) is 9.53 Å². The number of rotatable bonds is 4. The number of ether oxygens (including phenoxy) is 1. The maximum absolute atomic E-state index is 11.2. The van der Waals surface area contributed by atoms with E-state index in [-0.39, 0.29) is 11.9 Å². The third kappa shape index (κ3) is 3.71. The number of hydrogen-bond acceptors (Lipinski definition) is 2. The first-order chi connectivity index (χ1) is 5.13. The van der Waals surface area contributed by atoms with E-state index < -0.39 is 0 Å². The SMILES string of the molecule is CCOC(=O)C(CC)C(C)P. The molecule has 0 aliphatic rings. The topological polar surface area (TPSA) is 26.3 Å². The molecule has 11 heavy (non-hydrogen) atoms. The van der Waals surface area contributed by atoms with E-state index in [4.69, 9.17) is 4.74 Å². The summed E-state index contributed by atoms with van der Waals surface area (Å²) in [4.78, 5) is 11.2. The fraction of sp³-hybridized carbons (Fsp3) is 0.875. The second kappa shape index (κ2) is 5.54. The van der Waals surface area contributed by atoms with Crippen molar-refractivity contribution in [1.29, 1.82) is 0 Å². The van der Waals surface area contributed by atoms with Crippen molar-refractivity contribution in [3.05, 3.63) is 0 Å². The maximum Gasteiger partial charge on any atom is 0.309 e. The second-order valence-electron chi connectivity index (χ2n) is 2.63. The molecule has 2 nitrogen and oxygen atoms in total. The molecule has 0 aliphatic carbocycles. The van der Waals surface area contributed by atoms with Gasteiger partial charge in [-0.2, -0.15) is 0 Å². The third-order valence-corrected chi connectivity index (χ3v) is 2.13. The average Bonchev–Trinajstić information content (AvgIpc) is 1.88. The van der Waals surface area contributed by atoms with Gasteiger partial charge < -0.3 is 4.74 Å². The lowest BCUT2D eigenvalue weighted by molar-refractivity contribution is -0.147. The van der Waals surface area contributed by atoms with Gasteiger partial charge in [0.1, 0.15) is 0 Å². The molecule has 3 unspecified atom stereocenters. The van der Waals surface area contributed by atoms with Crippen molar-refractivity contribution in [2.75, 3.05) is 6.61 Å². The molecule has 0 aromatic carbocycles. The predicted molar refractivity (Wildman–Crippen MR) is 49.6 cm³/mol. The zero-order valence-corrected chi connectivity index (χ0v) is 8.62. The molecule has 0 heterocycles. The molecule has 0 saturated carbocycles. The summed E-state index contributed by atoms with van der Waals surface area (Å²) < 4.78 is 4.90. The van der Waals surface area contributed by atoms with Gasteiger partial charge in [-0.25, -0.2) is 0 Å². The van der Waals surface area contributed by atoms with Gasteiger partial charge in [0.05, 0.1) is 12.5 Å². The summed E-state index contributed by atoms with van der Waals surface area (Å²) in [6.07, 6.45) is 0.851. The molecule has 0 rings (SSSR count). The molecule has 0 fully saturated rings. The lowest BCUT2D eigenvalue weighted by atomic mass is 10.0. The average molecular weight is 176 g/mol. The van der Waals surface area contributed by atoms with Gasteiger partial charge in [0, 0.05) is 0 Å². The molecular formula is C8H17O2P. The fourth-order valence-corrected chi connectivity index (χ4v) is 1.43. The van der Waals surface area contributed by atoms with Crippen LogP contribution in [0.2, 0.25) is 0 Å². The van der Waals surface area contributed by atoms with Crippen molar-refractivity contribution in [2.45, 2.75) is 32.9 Å². The van der Waals surface area contributed by atoms with Gasteiger partial charge in [-0.05, 0) is 19.0 Å².